The second kappa shape index (κ2) is 7.90. The van der Waals surface area contributed by atoms with Crippen molar-refractivity contribution in [2.24, 2.45) is 5.10 Å². The Morgan fingerprint density at radius 3 is 2.61 bits per heavy atom. The highest BCUT2D eigenvalue weighted by Gasteiger charge is 2.29. The molecule has 0 aliphatic heterocycles. The number of fused-ring (bicyclic) bond motifs is 1. The van der Waals surface area contributed by atoms with Crippen molar-refractivity contribution in [2.75, 3.05) is 12.0 Å². The first-order valence-corrected chi connectivity index (χ1v) is 6.87. The summed E-state index contributed by atoms with van der Waals surface area (Å²) < 4.78 is 0. The molecule has 0 bridgehead atoms. The Kier molecular flexibility index (Phi) is 5.90. The Bertz CT molecular complexity index is 663. The largest absolute Gasteiger partial charge is 0.394 e. The Morgan fingerprint density at radius 2 is 1.87 bits per heavy atom. The molecule has 1 aromatic heterocycles. The van der Waals surface area contributed by atoms with Crippen molar-refractivity contribution in [3.63, 3.8) is 0 Å². The fourth-order valence-electron chi connectivity index (χ4n) is 1.91. The van der Waals surface area contributed by atoms with Crippen LogP contribution in [0.1, 0.15) is 0 Å². The summed E-state index contributed by atoms with van der Waals surface area (Å²) in [5.74, 6) is 0.358. The highest BCUT2D eigenvalue weighted by Crippen LogP contribution is 2.18. The monoisotopic (exact) mass is 322 g/mol. The van der Waals surface area contributed by atoms with Gasteiger partial charge in [0.2, 0.25) is 0 Å². The van der Waals surface area contributed by atoms with Gasteiger partial charge in [0.15, 0.2) is 5.82 Å². The summed E-state index contributed by atoms with van der Waals surface area (Å²) >= 11 is 0. The number of aliphatic hydroxyl groups is 5. The van der Waals surface area contributed by atoms with Crippen LogP contribution in [0.2, 0.25) is 0 Å². The second-order valence-corrected chi connectivity index (χ2v) is 4.89. The van der Waals surface area contributed by atoms with Crippen molar-refractivity contribution in [3.8, 4) is 0 Å². The number of hydrogen-bond donors (Lipinski definition) is 6. The SMILES string of the molecule is OC[C@@H](O)[C@@H](O)[C@H](O)[C@@H](O)C=NNc1nncc2ccccc12. The highest BCUT2D eigenvalue weighted by molar-refractivity contribution is 5.90. The van der Waals surface area contributed by atoms with E-state index >= 15 is 0 Å². The van der Waals surface area contributed by atoms with E-state index in [2.05, 4.69) is 20.7 Å². The van der Waals surface area contributed by atoms with Gasteiger partial charge in [-0.05, 0) is 0 Å². The van der Waals surface area contributed by atoms with Gasteiger partial charge >= 0.3 is 0 Å². The maximum Gasteiger partial charge on any atom is 0.176 e. The predicted molar refractivity (Wildman–Crippen MR) is 82.8 cm³/mol. The second-order valence-electron chi connectivity index (χ2n) is 4.89. The molecule has 0 saturated carbocycles. The number of rotatable bonds is 7. The van der Waals surface area contributed by atoms with Crippen molar-refractivity contribution in [1.82, 2.24) is 10.2 Å². The normalized spacial score (nSPS) is 17.1. The lowest BCUT2D eigenvalue weighted by Crippen LogP contribution is -2.46. The van der Waals surface area contributed by atoms with E-state index in [1.165, 1.54) is 0 Å². The van der Waals surface area contributed by atoms with Gasteiger partial charge in [-0.15, -0.1) is 5.10 Å². The van der Waals surface area contributed by atoms with Gasteiger partial charge in [0, 0.05) is 10.8 Å². The maximum atomic E-state index is 9.70. The minimum atomic E-state index is -1.71. The van der Waals surface area contributed by atoms with E-state index in [1.54, 1.807) is 6.20 Å². The number of anilines is 1. The number of nitrogens with one attached hydrogen (secondary N) is 1. The average molecular weight is 322 g/mol. The first-order chi connectivity index (χ1) is 11.0. The van der Waals surface area contributed by atoms with E-state index in [9.17, 15) is 20.4 Å². The van der Waals surface area contributed by atoms with Gasteiger partial charge in [0.25, 0.3) is 0 Å². The Hall–Kier alpha value is -2.17. The summed E-state index contributed by atoms with van der Waals surface area (Å²) in [6, 6.07) is 7.34. The van der Waals surface area contributed by atoms with Crippen LogP contribution >= 0.6 is 0 Å². The van der Waals surface area contributed by atoms with Crippen LogP contribution < -0.4 is 5.43 Å². The molecule has 2 aromatic rings. The van der Waals surface area contributed by atoms with Crippen molar-refractivity contribution in [2.45, 2.75) is 24.4 Å². The molecule has 0 fully saturated rings. The molecular weight excluding hydrogens is 304 g/mol. The summed E-state index contributed by atoms with van der Waals surface area (Å²) in [5.41, 5.74) is 2.59. The standard InChI is InChI=1S/C14H18N4O5/c19-7-11(21)13(23)12(22)10(20)6-16-18-14-9-4-2-1-3-8(9)5-15-17-14/h1-6,10-13,19-23H,7H2,(H,17,18)/t10-,11+,12+,13+/m0/s1. The van der Waals surface area contributed by atoms with E-state index in [-0.39, 0.29) is 0 Å². The summed E-state index contributed by atoms with van der Waals surface area (Å²) in [6.45, 7) is -0.744. The zero-order valence-electron chi connectivity index (χ0n) is 12.1. The minimum Gasteiger partial charge on any atom is -0.394 e. The molecule has 124 valence electrons. The molecule has 0 spiro atoms. The van der Waals surface area contributed by atoms with E-state index in [0.717, 1.165) is 17.0 Å². The molecule has 1 aromatic carbocycles. The number of aromatic nitrogens is 2. The van der Waals surface area contributed by atoms with E-state index in [0.29, 0.717) is 5.82 Å². The molecule has 4 atom stereocenters. The summed E-state index contributed by atoms with van der Waals surface area (Å²) in [4.78, 5) is 0. The zero-order chi connectivity index (χ0) is 16.8. The van der Waals surface area contributed by atoms with Crippen molar-refractivity contribution >= 4 is 22.8 Å². The van der Waals surface area contributed by atoms with Gasteiger partial charge in [-0.3, -0.25) is 5.43 Å². The third kappa shape index (κ3) is 4.18. The molecular formula is C14H18N4O5. The van der Waals surface area contributed by atoms with Crippen molar-refractivity contribution < 1.29 is 25.5 Å². The van der Waals surface area contributed by atoms with Gasteiger partial charge in [0.1, 0.15) is 24.4 Å². The molecule has 0 unspecified atom stereocenters. The summed E-state index contributed by atoms with van der Waals surface area (Å²) in [5, 5.41) is 59.8. The topological polar surface area (TPSA) is 151 Å². The summed E-state index contributed by atoms with van der Waals surface area (Å²) in [7, 11) is 0. The van der Waals surface area contributed by atoms with Gasteiger partial charge in [-0.1, -0.05) is 24.3 Å². The van der Waals surface area contributed by atoms with Crippen LogP contribution in [0.5, 0.6) is 0 Å². The molecule has 0 amide bonds. The van der Waals surface area contributed by atoms with Crippen LogP contribution in [0.15, 0.2) is 35.6 Å². The van der Waals surface area contributed by atoms with Crippen LogP contribution in [-0.4, -0.2) is 73.0 Å². The van der Waals surface area contributed by atoms with Crippen molar-refractivity contribution in [1.29, 1.82) is 0 Å². The fourth-order valence-corrected chi connectivity index (χ4v) is 1.91. The first-order valence-electron chi connectivity index (χ1n) is 6.87. The van der Waals surface area contributed by atoms with Gasteiger partial charge in [0.05, 0.1) is 19.0 Å². The molecule has 9 heteroatoms. The van der Waals surface area contributed by atoms with Gasteiger partial charge in [-0.25, -0.2) is 0 Å². The molecule has 1 heterocycles. The predicted octanol–water partition coefficient (Wildman–Crippen LogP) is -1.54. The number of hydrazone groups is 1. The molecule has 23 heavy (non-hydrogen) atoms. The van der Waals surface area contributed by atoms with Gasteiger partial charge < -0.3 is 25.5 Å². The summed E-state index contributed by atoms with van der Waals surface area (Å²) in [6.07, 6.45) is -4.00. The molecule has 0 aliphatic carbocycles. The molecule has 0 radical (unpaired) electrons. The average Bonchev–Trinajstić information content (AvgIpc) is 2.59. The quantitative estimate of drug-likeness (QED) is 0.265. The minimum absolute atomic E-state index is 0.358. The molecule has 0 saturated heterocycles. The number of nitrogens with zero attached hydrogens (tertiary/aromatic N) is 3. The van der Waals surface area contributed by atoms with Crippen LogP contribution in [0.4, 0.5) is 5.82 Å². The van der Waals surface area contributed by atoms with Gasteiger partial charge in [-0.2, -0.15) is 10.2 Å². The lowest BCUT2D eigenvalue weighted by molar-refractivity contribution is -0.0999. The third-order valence-electron chi connectivity index (χ3n) is 3.25. The van der Waals surface area contributed by atoms with E-state index in [1.807, 2.05) is 24.3 Å². The van der Waals surface area contributed by atoms with Crippen molar-refractivity contribution in [3.05, 3.63) is 30.5 Å². The molecule has 6 N–H and O–H groups in total. The number of aliphatic hydroxyl groups excluding tert-OH is 5. The number of benzene rings is 1. The van der Waals surface area contributed by atoms with Crippen LogP contribution in [-0.2, 0) is 0 Å². The Balaban J connectivity index is 2.03. The lowest BCUT2D eigenvalue weighted by atomic mass is 10.0. The van der Waals surface area contributed by atoms with Crippen LogP contribution in [0.3, 0.4) is 0 Å². The molecule has 2 rings (SSSR count). The fraction of sp³-hybridized carbons (Fsp3) is 0.357. The lowest BCUT2D eigenvalue weighted by Gasteiger charge is -2.23. The molecule has 0 aliphatic rings. The maximum absolute atomic E-state index is 9.70. The zero-order valence-corrected chi connectivity index (χ0v) is 12.1. The Labute approximate surface area is 131 Å². The van der Waals surface area contributed by atoms with E-state index < -0.39 is 31.0 Å². The van der Waals surface area contributed by atoms with Crippen LogP contribution in [0, 0.1) is 0 Å². The van der Waals surface area contributed by atoms with Crippen LogP contribution in [0.25, 0.3) is 10.8 Å². The number of hydrogen-bond acceptors (Lipinski definition) is 9. The smallest absolute Gasteiger partial charge is 0.176 e. The van der Waals surface area contributed by atoms with E-state index in [4.69, 9.17) is 5.11 Å². The first kappa shape index (κ1) is 17.2. The molecule has 9 nitrogen and oxygen atoms in total. The third-order valence-corrected chi connectivity index (χ3v) is 3.25. The Morgan fingerprint density at radius 1 is 1.13 bits per heavy atom. The highest BCUT2D eigenvalue weighted by atomic mass is 16.4.